The molecule has 0 radical (unpaired) electrons. The summed E-state index contributed by atoms with van der Waals surface area (Å²) < 4.78 is 1.71. The first-order valence-electron chi connectivity index (χ1n) is 5.51. The maximum absolute atomic E-state index is 5.79. The van der Waals surface area contributed by atoms with E-state index in [1.54, 1.807) is 17.1 Å². The van der Waals surface area contributed by atoms with Crippen molar-refractivity contribution in [3.63, 3.8) is 0 Å². The Kier molecular flexibility index (Phi) is 4.24. The quantitative estimate of drug-likeness (QED) is 0.795. The minimum absolute atomic E-state index is 0.157. The van der Waals surface area contributed by atoms with Gasteiger partial charge in [-0.15, -0.1) is 5.10 Å². The molecule has 0 aliphatic carbocycles. The Balaban J connectivity index is 1.92. The average molecular weight is 269 g/mol. The molecule has 0 unspecified atom stereocenters. The molecule has 0 spiro atoms. The maximum Gasteiger partial charge on any atom is 0.228 e. The van der Waals surface area contributed by atoms with Crippen LogP contribution in [0.4, 0.5) is 11.9 Å². The lowest BCUT2D eigenvalue weighted by atomic mass is 10.6. The third-order valence-corrected chi connectivity index (χ3v) is 2.21. The smallest absolute Gasteiger partial charge is 0.228 e. The maximum atomic E-state index is 5.79. The van der Waals surface area contributed by atoms with Crippen LogP contribution in [-0.4, -0.2) is 43.0 Å². The average Bonchev–Trinajstić information content (AvgIpc) is 2.82. The first-order valence-corrected chi connectivity index (χ1v) is 5.89. The van der Waals surface area contributed by atoms with Crippen LogP contribution in [0.15, 0.2) is 12.4 Å². The van der Waals surface area contributed by atoms with Crippen molar-refractivity contribution in [2.45, 2.75) is 13.5 Å². The van der Waals surface area contributed by atoms with Gasteiger partial charge in [0, 0.05) is 19.3 Å². The lowest BCUT2D eigenvalue weighted by molar-refractivity contribution is 0.607. The molecule has 0 aliphatic rings. The highest BCUT2D eigenvalue weighted by molar-refractivity contribution is 6.28. The second-order valence-corrected chi connectivity index (χ2v) is 3.71. The van der Waals surface area contributed by atoms with Crippen molar-refractivity contribution < 1.29 is 0 Å². The fourth-order valence-electron chi connectivity index (χ4n) is 1.30. The molecule has 2 aromatic heterocycles. The minimum atomic E-state index is 0.157. The number of hydrogen-bond donors (Lipinski definition) is 2. The largest absolute Gasteiger partial charge is 0.354 e. The van der Waals surface area contributed by atoms with Crippen LogP contribution in [0, 0.1) is 0 Å². The first kappa shape index (κ1) is 12.5. The van der Waals surface area contributed by atoms with Gasteiger partial charge in [0.05, 0.1) is 12.7 Å². The molecule has 2 N–H and O–H groups in total. The van der Waals surface area contributed by atoms with Gasteiger partial charge in [-0.1, -0.05) is 5.21 Å². The number of hydrogen-bond acceptors (Lipinski definition) is 7. The SMILES string of the molecule is CCNc1nc(Cl)nc(NCCn2ccnn2)n1. The van der Waals surface area contributed by atoms with Crippen LogP contribution in [0.1, 0.15) is 6.92 Å². The van der Waals surface area contributed by atoms with Crippen LogP contribution in [0.5, 0.6) is 0 Å². The van der Waals surface area contributed by atoms with E-state index in [4.69, 9.17) is 11.6 Å². The molecule has 0 aliphatic heterocycles. The van der Waals surface area contributed by atoms with Crippen LogP contribution >= 0.6 is 11.6 Å². The van der Waals surface area contributed by atoms with Crippen LogP contribution in [0.3, 0.4) is 0 Å². The summed E-state index contributed by atoms with van der Waals surface area (Å²) in [7, 11) is 0. The molecule has 0 saturated heterocycles. The first-order chi connectivity index (χ1) is 8.78. The predicted molar refractivity (Wildman–Crippen MR) is 67.5 cm³/mol. The van der Waals surface area contributed by atoms with Crippen molar-refractivity contribution in [2.24, 2.45) is 0 Å². The zero-order chi connectivity index (χ0) is 12.8. The molecule has 9 heteroatoms. The Morgan fingerprint density at radius 3 is 2.67 bits per heavy atom. The molecule has 96 valence electrons. The van der Waals surface area contributed by atoms with Crippen molar-refractivity contribution in [1.29, 1.82) is 0 Å². The summed E-state index contributed by atoms with van der Waals surface area (Å²) in [5, 5.41) is 13.7. The van der Waals surface area contributed by atoms with E-state index in [-0.39, 0.29) is 5.28 Å². The molecule has 8 nitrogen and oxygen atoms in total. The Bertz CT molecular complexity index is 485. The fraction of sp³-hybridized carbons (Fsp3) is 0.444. The van der Waals surface area contributed by atoms with Crippen LogP contribution in [-0.2, 0) is 6.54 Å². The third-order valence-electron chi connectivity index (χ3n) is 2.04. The van der Waals surface area contributed by atoms with E-state index in [2.05, 4.69) is 35.9 Å². The topological polar surface area (TPSA) is 93.4 Å². The molecular formula is C9H13ClN8. The highest BCUT2D eigenvalue weighted by atomic mass is 35.5. The van der Waals surface area contributed by atoms with Crippen LogP contribution in [0.25, 0.3) is 0 Å². The Labute approximate surface area is 109 Å². The molecule has 0 aromatic carbocycles. The number of halogens is 1. The van der Waals surface area contributed by atoms with Gasteiger partial charge in [-0.3, -0.25) is 4.68 Å². The standard InChI is InChI=1S/C9H13ClN8/c1-2-11-8-14-7(10)15-9(16-8)12-3-5-18-6-4-13-17-18/h4,6H,2-3,5H2,1H3,(H2,11,12,14,15,16). The Morgan fingerprint density at radius 2 is 2.00 bits per heavy atom. The van der Waals surface area contributed by atoms with Gasteiger partial charge in [0.2, 0.25) is 17.2 Å². The van der Waals surface area contributed by atoms with Gasteiger partial charge in [0.1, 0.15) is 0 Å². The van der Waals surface area contributed by atoms with Crippen molar-refractivity contribution in [3.8, 4) is 0 Å². The third kappa shape index (κ3) is 3.52. The molecule has 2 rings (SSSR count). The van der Waals surface area contributed by atoms with Gasteiger partial charge in [0.15, 0.2) is 0 Å². The molecule has 0 fully saturated rings. The zero-order valence-corrected chi connectivity index (χ0v) is 10.6. The molecule has 18 heavy (non-hydrogen) atoms. The van der Waals surface area contributed by atoms with Gasteiger partial charge in [-0.25, -0.2) is 0 Å². The van der Waals surface area contributed by atoms with Crippen LogP contribution < -0.4 is 10.6 Å². The monoisotopic (exact) mass is 268 g/mol. The van der Waals surface area contributed by atoms with E-state index in [9.17, 15) is 0 Å². The number of nitrogens with one attached hydrogen (secondary N) is 2. The minimum Gasteiger partial charge on any atom is -0.354 e. The van der Waals surface area contributed by atoms with Crippen molar-refractivity contribution in [1.82, 2.24) is 29.9 Å². The normalized spacial score (nSPS) is 10.3. The summed E-state index contributed by atoms with van der Waals surface area (Å²) >= 11 is 5.79. The van der Waals surface area contributed by atoms with E-state index >= 15 is 0 Å². The van der Waals surface area contributed by atoms with Gasteiger partial charge in [-0.2, -0.15) is 15.0 Å². The zero-order valence-electron chi connectivity index (χ0n) is 9.84. The second-order valence-electron chi connectivity index (χ2n) is 3.37. The van der Waals surface area contributed by atoms with E-state index in [0.29, 0.717) is 25.0 Å². The number of anilines is 2. The Hall–Kier alpha value is -1.96. The summed E-state index contributed by atoms with van der Waals surface area (Å²) in [6.45, 7) is 3.96. The van der Waals surface area contributed by atoms with Gasteiger partial charge in [0.25, 0.3) is 0 Å². The predicted octanol–water partition coefficient (Wildman–Crippen LogP) is 0.660. The lowest BCUT2D eigenvalue weighted by Crippen LogP contribution is -2.14. The molecule has 0 bridgehead atoms. The second kappa shape index (κ2) is 6.10. The number of rotatable bonds is 6. The highest BCUT2D eigenvalue weighted by Crippen LogP contribution is 2.08. The summed E-state index contributed by atoms with van der Waals surface area (Å²) in [5.74, 6) is 0.895. The molecule has 0 amide bonds. The lowest BCUT2D eigenvalue weighted by Gasteiger charge is -2.07. The molecule has 2 aromatic rings. The van der Waals surface area contributed by atoms with E-state index < -0.39 is 0 Å². The van der Waals surface area contributed by atoms with E-state index in [1.165, 1.54) is 0 Å². The summed E-state index contributed by atoms with van der Waals surface area (Å²) in [6.07, 6.45) is 3.41. The fourth-order valence-corrected chi connectivity index (χ4v) is 1.46. The van der Waals surface area contributed by atoms with Gasteiger partial charge >= 0.3 is 0 Å². The molecule has 0 atom stereocenters. The van der Waals surface area contributed by atoms with Crippen molar-refractivity contribution in [3.05, 3.63) is 17.7 Å². The van der Waals surface area contributed by atoms with Crippen molar-refractivity contribution >= 4 is 23.5 Å². The van der Waals surface area contributed by atoms with Crippen molar-refractivity contribution in [2.75, 3.05) is 23.7 Å². The molecule has 2 heterocycles. The Morgan fingerprint density at radius 1 is 1.22 bits per heavy atom. The molecule has 0 saturated carbocycles. The van der Waals surface area contributed by atoms with E-state index in [1.807, 2.05) is 6.92 Å². The van der Waals surface area contributed by atoms with Gasteiger partial charge in [-0.05, 0) is 18.5 Å². The van der Waals surface area contributed by atoms with E-state index in [0.717, 1.165) is 6.54 Å². The van der Waals surface area contributed by atoms with Crippen LogP contribution in [0.2, 0.25) is 5.28 Å². The number of aromatic nitrogens is 6. The summed E-state index contributed by atoms with van der Waals surface area (Å²) in [5.41, 5.74) is 0. The van der Waals surface area contributed by atoms with Gasteiger partial charge < -0.3 is 10.6 Å². The molecular weight excluding hydrogens is 256 g/mol. The summed E-state index contributed by atoms with van der Waals surface area (Å²) in [4.78, 5) is 12.1. The highest BCUT2D eigenvalue weighted by Gasteiger charge is 2.03. The summed E-state index contributed by atoms with van der Waals surface area (Å²) in [6, 6.07) is 0. The number of nitrogens with zero attached hydrogens (tertiary/aromatic N) is 6.